The molecule has 1 aromatic heterocycles. The molecule has 0 amide bonds. The third-order valence-electron chi connectivity index (χ3n) is 11.4. The van der Waals surface area contributed by atoms with Crippen molar-refractivity contribution in [1.82, 2.24) is 0 Å². The Morgan fingerprint density at radius 1 is 0.475 bits per heavy atom. The highest BCUT2D eigenvalue weighted by atomic mass is 16.3. The molecular weight excluding hydrogens is 715 g/mol. The monoisotopic (exact) mass is 755 g/mol. The molecule has 280 valence electrons. The number of fused-ring (bicyclic) bond motifs is 5. The molecule has 59 heavy (non-hydrogen) atoms. The van der Waals surface area contributed by atoms with E-state index in [1.165, 1.54) is 38.2 Å². The number of anilines is 2. The summed E-state index contributed by atoms with van der Waals surface area (Å²) in [5, 5.41) is 7.15. The summed E-state index contributed by atoms with van der Waals surface area (Å²) in [6.45, 7) is 6.66. The Labute approximate surface area is 344 Å². The highest BCUT2D eigenvalue weighted by molar-refractivity contribution is 6.13. The van der Waals surface area contributed by atoms with E-state index in [9.17, 15) is 0 Å². The van der Waals surface area contributed by atoms with E-state index in [-0.39, 0.29) is 0 Å². The van der Waals surface area contributed by atoms with E-state index < -0.39 is 0 Å². The first-order valence-corrected chi connectivity index (χ1v) is 20.1. The minimum absolute atomic E-state index is 0.872. The van der Waals surface area contributed by atoms with Crippen molar-refractivity contribution in [1.29, 1.82) is 0 Å². The van der Waals surface area contributed by atoms with Gasteiger partial charge in [-0.2, -0.15) is 0 Å². The fourth-order valence-electron chi connectivity index (χ4n) is 8.54. The van der Waals surface area contributed by atoms with Crippen LogP contribution in [0.3, 0.4) is 0 Å². The van der Waals surface area contributed by atoms with Crippen molar-refractivity contribution in [3.8, 4) is 33.4 Å². The largest absolute Gasteiger partial charge is 0.456 e. The fourth-order valence-corrected chi connectivity index (χ4v) is 8.54. The Morgan fingerprint density at radius 3 is 1.78 bits per heavy atom. The molecule has 0 spiro atoms. The van der Waals surface area contributed by atoms with E-state index >= 15 is 0 Å². The van der Waals surface area contributed by atoms with Gasteiger partial charge in [0.15, 0.2) is 0 Å². The summed E-state index contributed by atoms with van der Waals surface area (Å²) in [6.07, 6.45) is 6.51. The average Bonchev–Trinajstić information content (AvgIpc) is 3.69. The van der Waals surface area contributed by atoms with Crippen LogP contribution < -0.4 is 4.90 Å². The number of para-hydroxylation sites is 2. The van der Waals surface area contributed by atoms with Gasteiger partial charge in [0.05, 0.1) is 5.69 Å². The first-order chi connectivity index (χ1) is 29.1. The molecule has 0 N–H and O–H groups in total. The van der Waals surface area contributed by atoms with Crippen molar-refractivity contribution in [3.63, 3.8) is 0 Å². The van der Waals surface area contributed by atoms with Crippen LogP contribution in [0, 0.1) is 0 Å². The molecule has 10 aromatic rings. The van der Waals surface area contributed by atoms with E-state index in [4.69, 9.17) is 4.42 Å². The lowest BCUT2D eigenvalue weighted by Crippen LogP contribution is -2.16. The molecule has 0 fully saturated rings. The summed E-state index contributed by atoms with van der Waals surface area (Å²) in [5.41, 5.74) is 13.9. The molecule has 9 aromatic carbocycles. The molecule has 0 aliphatic heterocycles. The number of allylic oxidation sites excluding steroid dienone is 4. The third-order valence-corrected chi connectivity index (χ3v) is 11.4. The second kappa shape index (κ2) is 15.3. The third kappa shape index (κ3) is 6.61. The van der Waals surface area contributed by atoms with Crippen molar-refractivity contribution in [3.05, 3.63) is 236 Å². The van der Waals surface area contributed by atoms with Gasteiger partial charge < -0.3 is 9.32 Å². The van der Waals surface area contributed by atoms with E-state index in [1.54, 1.807) is 0 Å². The van der Waals surface area contributed by atoms with Crippen LogP contribution in [-0.2, 0) is 0 Å². The lowest BCUT2D eigenvalue weighted by Gasteiger charge is -2.29. The van der Waals surface area contributed by atoms with Gasteiger partial charge in [-0.05, 0) is 104 Å². The maximum absolute atomic E-state index is 6.38. The Bertz CT molecular complexity index is 3240. The number of nitrogens with zero attached hydrogens (tertiary/aromatic N) is 1. The number of benzene rings is 9. The summed E-state index contributed by atoms with van der Waals surface area (Å²) in [4.78, 5) is 2.37. The average molecular weight is 756 g/mol. The van der Waals surface area contributed by atoms with Gasteiger partial charge in [0, 0.05) is 27.7 Å². The predicted octanol–water partition coefficient (Wildman–Crippen LogP) is 16.2. The summed E-state index contributed by atoms with van der Waals surface area (Å²) in [7, 11) is 0. The van der Waals surface area contributed by atoms with Crippen LogP contribution in [-0.4, -0.2) is 0 Å². The molecular formula is C57H41NO. The van der Waals surface area contributed by atoms with Gasteiger partial charge >= 0.3 is 0 Å². The van der Waals surface area contributed by atoms with Gasteiger partial charge in [-0.15, -0.1) is 0 Å². The number of hydrogen-bond donors (Lipinski definition) is 0. The highest BCUT2D eigenvalue weighted by Gasteiger charge is 2.21. The molecule has 2 nitrogen and oxygen atoms in total. The molecule has 1 heterocycles. The van der Waals surface area contributed by atoms with Crippen LogP contribution in [0.25, 0.3) is 82.4 Å². The molecule has 0 unspecified atom stereocenters. The summed E-state index contributed by atoms with van der Waals surface area (Å²) in [6, 6.07) is 71.2. The molecule has 0 atom stereocenters. The fraction of sp³-hybridized carbons (Fsp3) is 0.0175. The normalized spacial score (nSPS) is 11.9. The second-order valence-electron chi connectivity index (χ2n) is 14.9. The molecule has 0 saturated heterocycles. The van der Waals surface area contributed by atoms with Crippen LogP contribution in [0.15, 0.2) is 235 Å². The maximum atomic E-state index is 6.38. The standard InChI is InChI=1S/C57H41NO/c1-3-45(37-32-39(2)40-33-35-43(36-34-40)49-26-13-18-41-16-4-6-22-47(41)49)58(46-21-12-20-44(38-46)50-27-14-19-42-17-5-7-23-48(42)50)54-29-10-8-24-51(54)52-28-15-31-56-57(52)53-25-9-11-30-55(53)59-56/h3-38H,2H2,1H3/b37-32-,45-3+. The predicted molar refractivity (Wildman–Crippen MR) is 252 cm³/mol. The van der Waals surface area contributed by atoms with Crippen molar-refractivity contribution < 1.29 is 4.42 Å². The minimum atomic E-state index is 0.872. The van der Waals surface area contributed by atoms with Crippen LogP contribution in [0.2, 0.25) is 0 Å². The van der Waals surface area contributed by atoms with E-state index in [0.717, 1.165) is 66.8 Å². The van der Waals surface area contributed by atoms with E-state index in [0.29, 0.717) is 0 Å². The van der Waals surface area contributed by atoms with Gasteiger partial charge in [-0.25, -0.2) is 0 Å². The molecule has 0 bridgehead atoms. The van der Waals surface area contributed by atoms with Gasteiger partial charge in [-0.3, -0.25) is 0 Å². The van der Waals surface area contributed by atoms with Gasteiger partial charge in [0.2, 0.25) is 0 Å². The SMILES string of the molecule is C=C(/C=C\C(=C/C)N(c1cccc(-c2cccc3ccccc23)c1)c1ccccc1-c1cccc2oc3ccccc3c12)c1ccc(-c2cccc3ccccc23)cc1. The minimum Gasteiger partial charge on any atom is -0.456 e. The van der Waals surface area contributed by atoms with E-state index in [1.807, 2.05) is 12.1 Å². The zero-order chi connectivity index (χ0) is 39.7. The number of rotatable bonds is 9. The molecule has 2 heteroatoms. The second-order valence-corrected chi connectivity index (χ2v) is 14.9. The summed E-state index contributed by atoms with van der Waals surface area (Å²) < 4.78 is 6.38. The molecule has 0 aliphatic rings. The van der Waals surface area contributed by atoms with Crippen LogP contribution >= 0.6 is 0 Å². The molecule has 0 saturated carbocycles. The Balaban J connectivity index is 1.08. The van der Waals surface area contributed by atoms with Crippen molar-refractivity contribution in [2.24, 2.45) is 0 Å². The van der Waals surface area contributed by atoms with E-state index in [2.05, 4.69) is 225 Å². The molecule has 0 radical (unpaired) electrons. The Hall–Kier alpha value is -7.68. The van der Waals surface area contributed by atoms with Crippen LogP contribution in [0.1, 0.15) is 12.5 Å². The lowest BCUT2D eigenvalue weighted by molar-refractivity contribution is 0.669. The first kappa shape index (κ1) is 35.7. The number of hydrogen-bond acceptors (Lipinski definition) is 2. The zero-order valence-corrected chi connectivity index (χ0v) is 32.8. The van der Waals surface area contributed by atoms with Gasteiger partial charge in [-0.1, -0.05) is 189 Å². The van der Waals surface area contributed by atoms with Gasteiger partial charge in [0.1, 0.15) is 11.2 Å². The Morgan fingerprint density at radius 2 is 1.03 bits per heavy atom. The first-order valence-electron chi connectivity index (χ1n) is 20.1. The van der Waals surface area contributed by atoms with Crippen molar-refractivity contribution in [2.45, 2.75) is 6.92 Å². The summed E-state index contributed by atoms with van der Waals surface area (Å²) in [5.74, 6) is 0. The van der Waals surface area contributed by atoms with Crippen molar-refractivity contribution in [2.75, 3.05) is 4.90 Å². The zero-order valence-electron chi connectivity index (χ0n) is 32.8. The maximum Gasteiger partial charge on any atom is 0.136 e. The van der Waals surface area contributed by atoms with Crippen LogP contribution in [0.5, 0.6) is 0 Å². The smallest absolute Gasteiger partial charge is 0.136 e. The highest BCUT2D eigenvalue weighted by Crippen LogP contribution is 2.44. The summed E-state index contributed by atoms with van der Waals surface area (Å²) >= 11 is 0. The number of furan rings is 1. The lowest BCUT2D eigenvalue weighted by atomic mass is 9.95. The quantitative estimate of drug-likeness (QED) is 0.136. The topological polar surface area (TPSA) is 16.4 Å². The van der Waals surface area contributed by atoms with Crippen molar-refractivity contribution >= 4 is 60.4 Å². The molecule has 10 rings (SSSR count). The van der Waals surface area contributed by atoms with Crippen LogP contribution in [0.4, 0.5) is 11.4 Å². The molecule has 0 aliphatic carbocycles. The Kier molecular flexibility index (Phi) is 9.29. The van der Waals surface area contributed by atoms with Gasteiger partial charge in [0.25, 0.3) is 0 Å².